The van der Waals surface area contributed by atoms with Crippen LogP contribution in [0.1, 0.15) is 31.1 Å². The Bertz CT molecular complexity index is 310. The number of aliphatic hydroxyl groups excluding tert-OH is 1. The Hall–Kier alpha value is -0.580. The fourth-order valence-corrected chi connectivity index (χ4v) is 1.64. The molecule has 14 heavy (non-hydrogen) atoms. The predicted octanol–water partition coefficient (Wildman–Crippen LogP) is 1.76. The molecule has 5 heteroatoms. The first kappa shape index (κ1) is 11.5. The summed E-state index contributed by atoms with van der Waals surface area (Å²) in [6, 6.07) is 0.179. The fraction of sp³-hybridized carbons (Fsp3) is 0.667. The molecule has 0 bridgehead atoms. The summed E-state index contributed by atoms with van der Waals surface area (Å²) in [5.41, 5.74) is 1.36. The number of halogens is 1. The van der Waals surface area contributed by atoms with Gasteiger partial charge in [0.05, 0.1) is 18.9 Å². The average Bonchev–Trinajstić information content (AvgIpc) is 2.43. The van der Waals surface area contributed by atoms with Gasteiger partial charge in [0, 0.05) is 18.7 Å². The van der Waals surface area contributed by atoms with Gasteiger partial charge in [-0.3, -0.25) is 4.68 Å². The van der Waals surface area contributed by atoms with Gasteiger partial charge in [-0.1, -0.05) is 11.6 Å². The molecule has 1 N–H and O–H groups in total. The maximum atomic E-state index is 9.13. The average molecular weight is 219 g/mol. The zero-order valence-corrected chi connectivity index (χ0v) is 9.38. The first-order valence-electron chi connectivity index (χ1n) is 4.47. The summed E-state index contributed by atoms with van der Waals surface area (Å²) in [4.78, 5) is 0. The number of aliphatic hydroxyl groups is 1. The van der Waals surface area contributed by atoms with Crippen molar-refractivity contribution in [3.63, 3.8) is 0 Å². The van der Waals surface area contributed by atoms with Gasteiger partial charge in [-0.2, -0.15) is 5.10 Å². The van der Waals surface area contributed by atoms with Crippen LogP contribution in [-0.4, -0.2) is 22.0 Å². The van der Waals surface area contributed by atoms with Gasteiger partial charge in [0.25, 0.3) is 0 Å². The van der Waals surface area contributed by atoms with E-state index in [1.807, 2.05) is 13.8 Å². The second kappa shape index (κ2) is 4.77. The monoisotopic (exact) mass is 218 g/mol. The highest BCUT2D eigenvalue weighted by atomic mass is 35.5. The molecule has 0 amide bonds. The Morgan fingerprint density at radius 3 is 2.64 bits per heavy atom. The van der Waals surface area contributed by atoms with Crippen molar-refractivity contribution in [3.05, 3.63) is 16.4 Å². The summed E-state index contributed by atoms with van der Waals surface area (Å²) in [5, 5.41) is 13.9. The van der Waals surface area contributed by atoms with Gasteiger partial charge in [0.15, 0.2) is 0 Å². The molecule has 0 atom stereocenters. The quantitative estimate of drug-likeness (QED) is 0.838. The number of ether oxygens (including phenoxy) is 1. The van der Waals surface area contributed by atoms with E-state index in [4.69, 9.17) is 21.4 Å². The molecular weight excluding hydrogens is 204 g/mol. The zero-order valence-electron chi connectivity index (χ0n) is 8.62. The van der Waals surface area contributed by atoms with Crippen molar-refractivity contribution in [3.8, 4) is 0 Å². The molecule has 80 valence electrons. The van der Waals surface area contributed by atoms with E-state index in [1.54, 1.807) is 11.8 Å². The summed E-state index contributed by atoms with van der Waals surface area (Å²) in [5.74, 6) is 0. The largest absolute Gasteiger partial charge is 0.391 e. The maximum Gasteiger partial charge on any atom is 0.133 e. The second-order valence-corrected chi connectivity index (χ2v) is 3.70. The van der Waals surface area contributed by atoms with Crippen molar-refractivity contribution in [2.45, 2.75) is 33.1 Å². The van der Waals surface area contributed by atoms with Crippen molar-refractivity contribution in [1.82, 2.24) is 9.78 Å². The Morgan fingerprint density at radius 2 is 2.21 bits per heavy atom. The molecule has 0 saturated heterocycles. The van der Waals surface area contributed by atoms with E-state index in [1.165, 1.54) is 0 Å². The standard InChI is InChI=1S/C9H15ClN2O2/c1-6(2)12-9(10)7(4-13)8(11-12)5-14-3/h6,13H,4-5H2,1-3H3. The van der Waals surface area contributed by atoms with E-state index < -0.39 is 0 Å². The molecule has 0 aliphatic rings. The molecule has 1 rings (SSSR count). The number of hydrogen-bond acceptors (Lipinski definition) is 3. The zero-order chi connectivity index (χ0) is 10.7. The third-order valence-electron chi connectivity index (χ3n) is 1.96. The Kier molecular flexibility index (Phi) is 3.92. The summed E-state index contributed by atoms with van der Waals surface area (Å²) in [6.07, 6.45) is 0. The molecule has 0 aliphatic heterocycles. The molecule has 0 spiro atoms. The van der Waals surface area contributed by atoms with E-state index in [2.05, 4.69) is 5.10 Å². The van der Waals surface area contributed by atoms with Crippen LogP contribution in [0.4, 0.5) is 0 Å². The summed E-state index contributed by atoms with van der Waals surface area (Å²) >= 11 is 6.05. The van der Waals surface area contributed by atoms with Crippen LogP contribution in [0.3, 0.4) is 0 Å². The van der Waals surface area contributed by atoms with Crippen molar-refractivity contribution in [1.29, 1.82) is 0 Å². The lowest BCUT2D eigenvalue weighted by Gasteiger charge is -2.05. The van der Waals surface area contributed by atoms with E-state index in [-0.39, 0.29) is 12.6 Å². The number of aromatic nitrogens is 2. The van der Waals surface area contributed by atoms with E-state index >= 15 is 0 Å². The maximum absolute atomic E-state index is 9.13. The summed E-state index contributed by atoms with van der Waals surface area (Å²) in [6.45, 7) is 4.23. The van der Waals surface area contributed by atoms with Crippen molar-refractivity contribution < 1.29 is 9.84 Å². The van der Waals surface area contributed by atoms with Crippen LogP contribution in [0.2, 0.25) is 5.15 Å². The molecule has 0 fully saturated rings. The lowest BCUT2D eigenvalue weighted by Crippen LogP contribution is -2.03. The van der Waals surface area contributed by atoms with Crippen LogP contribution in [0.5, 0.6) is 0 Å². The minimum Gasteiger partial charge on any atom is -0.391 e. The highest BCUT2D eigenvalue weighted by Gasteiger charge is 2.16. The Labute approximate surface area is 88.4 Å². The van der Waals surface area contributed by atoms with Gasteiger partial charge in [0.2, 0.25) is 0 Å². The van der Waals surface area contributed by atoms with Crippen LogP contribution in [-0.2, 0) is 18.0 Å². The summed E-state index contributed by atoms with van der Waals surface area (Å²) in [7, 11) is 1.59. The van der Waals surface area contributed by atoms with E-state index in [9.17, 15) is 0 Å². The van der Waals surface area contributed by atoms with E-state index in [0.717, 1.165) is 0 Å². The Morgan fingerprint density at radius 1 is 1.57 bits per heavy atom. The first-order valence-corrected chi connectivity index (χ1v) is 4.85. The normalized spacial score (nSPS) is 11.3. The fourth-order valence-electron chi connectivity index (χ4n) is 1.24. The van der Waals surface area contributed by atoms with Crippen LogP contribution in [0.25, 0.3) is 0 Å². The number of methoxy groups -OCH3 is 1. The molecule has 0 radical (unpaired) electrons. The first-order chi connectivity index (χ1) is 6.61. The van der Waals surface area contributed by atoms with Gasteiger partial charge >= 0.3 is 0 Å². The number of rotatable bonds is 4. The molecule has 1 aromatic heterocycles. The lowest BCUT2D eigenvalue weighted by molar-refractivity contribution is 0.177. The number of hydrogen-bond donors (Lipinski definition) is 1. The van der Waals surface area contributed by atoms with E-state index in [0.29, 0.717) is 23.0 Å². The molecule has 0 aromatic carbocycles. The molecule has 0 saturated carbocycles. The van der Waals surface area contributed by atoms with Crippen molar-refractivity contribution in [2.24, 2.45) is 0 Å². The van der Waals surface area contributed by atoms with Crippen LogP contribution in [0, 0.1) is 0 Å². The third-order valence-corrected chi connectivity index (χ3v) is 2.36. The number of nitrogens with zero attached hydrogens (tertiary/aromatic N) is 2. The third kappa shape index (κ3) is 2.08. The molecule has 0 aliphatic carbocycles. The molecule has 1 aromatic rings. The van der Waals surface area contributed by atoms with Gasteiger partial charge in [-0.15, -0.1) is 0 Å². The molecule has 0 unspecified atom stereocenters. The highest BCUT2D eigenvalue weighted by Crippen LogP contribution is 2.23. The minimum absolute atomic E-state index is 0.107. The predicted molar refractivity (Wildman–Crippen MR) is 54.3 cm³/mol. The lowest BCUT2D eigenvalue weighted by atomic mass is 10.3. The van der Waals surface area contributed by atoms with Gasteiger partial charge in [-0.25, -0.2) is 0 Å². The molecular formula is C9H15ClN2O2. The smallest absolute Gasteiger partial charge is 0.133 e. The topological polar surface area (TPSA) is 47.3 Å². The SMILES string of the molecule is COCc1nn(C(C)C)c(Cl)c1CO. The minimum atomic E-state index is -0.107. The Balaban J connectivity index is 3.10. The summed E-state index contributed by atoms with van der Waals surface area (Å²) < 4.78 is 6.65. The van der Waals surface area contributed by atoms with Crippen LogP contribution < -0.4 is 0 Å². The van der Waals surface area contributed by atoms with Gasteiger partial charge in [0.1, 0.15) is 5.15 Å². The van der Waals surface area contributed by atoms with Crippen LogP contribution >= 0.6 is 11.6 Å². The van der Waals surface area contributed by atoms with Gasteiger partial charge < -0.3 is 9.84 Å². The van der Waals surface area contributed by atoms with Crippen LogP contribution in [0.15, 0.2) is 0 Å². The van der Waals surface area contributed by atoms with Crippen molar-refractivity contribution in [2.75, 3.05) is 7.11 Å². The molecule has 4 nitrogen and oxygen atoms in total. The van der Waals surface area contributed by atoms with Crippen molar-refractivity contribution >= 4 is 11.6 Å². The molecule has 1 heterocycles. The highest BCUT2D eigenvalue weighted by molar-refractivity contribution is 6.30. The second-order valence-electron chi connectivity index (χ2n) is 3.35. The van der Waals surface area contributed by atoms with Gasteiger partial charge in [-0.05, 0) is 13.8 Å².